The Kier molecular flexibility index (Phi) is 2.95. The molecule has 1 N–H and O–H groups in total. The molecular formula is C13H14N2O2. The number of fused-ring (bicyclic) bond motifs is 1. The van der Waals surface area contributed by atoms with E-state index in [1.54, 1.807) is 19.4 Å². The first kappa shape index (κ1) is 11.4. The van der Waals surface area contributed by atoms with Crippen molar-refractivity contribution in [2.75, 3.05) is 12.4 Å². The Morgan fingerprint density at radius 3 is 2.76 bits per heavy atom. The molecule has 17 heavy (non-hydrogen) atoms. The van der Waals surface area contributed by atoms with Gasteiger partial charge < -0.3 is 10.1 Å². The van der Waals surface area contributed by atoms with Crippen molar-refractivity contribution in [1.82, 2.24) is 4.98 Å². The number of benzene rings is 1. The van der Waals surface area contributed by atoms with Crippen molar-refractivity contribution in [2.45, 2.75) is 13.8 Å². The maximum Gasteiger partial charge on any atom is 0.221 e. The smallest absolute Gasteiger partial charge is 0.221 e. The molecule has 0 saturated carbocycles. The number of hydrogen-bond acceptors (Lipinski definition) is 3. The van der Waals surface area contributed by atoms with Crippen molar-refractivity contribution in [3.8, 4) is 5.75 Å². The van der Waals surface area contributed by atoms with E-state index < -0.39 is 0 Å². The van der Waals surface area contributed by atoms with E-state index in [1.165, 1.54) is 6.92 Å². The van der Waals surface area contributed by atoms with Crippen LogP contribution in [0.1, 0.15) is 12.5 Å². The molecule has 0 unspecified atom stereocenters. The average molecular weight is 230 g/mol. The third-order valence-electron chi connectivity index (χ3n) is 2.60. The highest BCUT2D eigenvalue weighted by molar-refractivity contribution is 6.04. The number of aryl methyl sites for hydroxylation is 1. The quantitative estimate of drug-likeness (QED) is 0.862. The molecule has 0 saturated heterocycles. The Morgan fingerprint density at radius 2 is 2.12 bits per heavy atom. The van der Waals surface area contributed by atoms with Crippen LogP contribution in [0, 0.1) is 6.92 Å². The summed E-state index contributed by atoms with van der Waals surface area (Å²) in [6.07, 6.45) is 1.75. The summed E-state index contributed by atoms with van der Waals surface area (Å²) in [4.78, 5) is 15.5. The Morgan fingerprint density at radius 1 is 1.35 bits per heavy atom. The summed E-state index contributed by atoms with van der Waals surface area (Å²) in [6, 6.07) is 5.60. The van der Waals surface area contributed by atoms with Crippen LogP contribution in [0.2, 0.25) is 0 Å². The molecule has 0 atom stereocenters. The second-order valence-corrected chi connectivity index (χ2v) is 3.85. The zero-order chi connectivity index (χ0) is 12.4. The van der Waals surface area contributed by atoms with Gasteiger partial charge >= 0.3 is 0 Å². The van der Waals surface area contributed by atoms with Crippen LogP contribution in [0.3, 0.4) is 0 Å². The van der Waals surface area contributed by atoms with Gasteiger partial charge in [-0.2, -0.15) is 0 Å². The molecule has 0 bridgehead atoms. The van der Waals surface area contributed by atoms with E-state index in [-0.39, 0.29) is 5.91 Å². The minimum absolute atomic E-state index is 0.126. The zero-order valence-corrected chi connectivity index (χ0v) is 10.1. The molecule has 0 spiro atoms. The lowest BCUT2D eigenvalue weighted by Crippen LogP contribution is -2.08. The van der Waals surface area contributed by atoms with Crippen molar-refractivity contribution in [3.63, 3.8) is 0 Å². The van der Waals surface area contributed by atoms with Crippen molar-refractivity contribution in [2.24, 2.45) is 0 Å². The number of carbonyl (C=O) groups excluding carboxylic acids is 1. The lowest BCUT2D eigenvalue weighted by atomic mass is 10.1. The largest absolute Gasteiger partial charge is 0.495 e. The predicted molar refractivity (Wildman–Crippen MR) is 67.3 cm³/mol. The van der Waals surface area contributed by atoms with E-state index in [0.717, 1.165) is 16.5 Å². The number of pyridine rings is 1. The first-order valence-electron chi connectivity index (χ1n) is 5.33. The summed E-state index contributed by atoms with van der Waals surface area (Å²) in [5.41, 5.74) is 2.58. The summed E-state index contributed by atoms with van der Waals surface area (Å²) in [6.45, 7) is 3.46. The van der Waals surface area contributed by atoms with Gasteiger partial charge in [-0.1, -0.05) is 0 Å². The van der Waals surface area contributed by atoms with E-state index in [2.05, 4.69) is 10.3 Å². The predicted octanol–water partition coefficient (Wildman–Crippen LogP) is 2.51. The number of methoxy groups -OCH3 is 1. The third-order valence-corrected chi connectivity index (χ3v) is 2.60. The summed E-state index contributed by atoms with van der Waals surface area (Å²) in [5.74, 6) is 0.517. The van der Waals surface area contributed by atoms with E-state index in [9.17, 15) is 4.79 Å². The second-order valence-electron chi connectivity index (χ2n) is 3.85. The highest BCUT2D eigenvalue weighted by Crippen LogP contribution is 2.34. The molecule has 88 valence electrons. The van der Waals surface area contributed by atoms with Gasteiger partial charge in [0.1, 0.15) is 5.75 Å². The summed E-state index contributed by atoms with van der Waals surface area (Å²) in [5, 5.41) is 3.72. The highest BCUT2D eigenvalue weighted by Gasteiger charge is 2.11. The highest BCUT2D eigenvalue weighted by atomic mass is 16.5. The van der Waals surface area contributed by atoms with Crippen LogP contribution in [0.5, 0.6) is 5.75 Å². The Bertz CT molecular complexity index is 579. The topological polar surface area (TPSA) is 51.2 Å². The molecule has 1 amide bonds. The van der Waals surface area contributed by atoms with E-state index in [0.29, 0.717) is 11.4 Å². The Labute approximate surface area is 99.6 Å². The third kappa shape index (κ3) is 2.06. The van der Waals surface area contributed by atoms with Crippen molar-refractivity contribution >= 4 is 22.5 Å². The number of carbonyl (C=O) groups is 1. The van der Waals surface area contributed by atoms with Gasteiger partial charge in [0.25, 0.3) is 0 Å². The van der Waals surface area contributed by atoms with Crippen molar-refractivity contribution in [3.05, 3.63) is 30.0 Å². The minimum atomic E-state index is -0.126. The number of nitrogens with zero attached hydrogens (tertiary/aromatic N) is 1. The molecule has 2 rings (SSSR count). The maximum atomic E-state index is 11.2. The number of ether oxygens (including phenoxy) is 1. The van der Waals surface area contributed by atoms with Gasteiger partial charge in [-0.05, 0) is 30.7 Å². The number of aromatic nitrogens is 1. The first-order valence-corrected chi connectivity index (χ1v) is 5.33. The van der Waals surface area contributed by atoms with Gasteiger partial charge in [-0.25, -0.2) is 0 Å². The van der Waals surface area contributed by atoms with E-state index in [1.807, 2.05) is 19.1 Å². The SMILES string of the molecule is COc1ccc2nccc(C)c2c1NC(C)=O. The zero-order valence-electron chi connectivity index (χ0n) is 10.1. The number of nitrogens with one attached hydrogen (secondary N) is 1. The molecule has 1 aromatic carbocycles. The summed E-state index contributed by atoms with van der Waals surface area (Å²) in [7, 11) is 1.58. The molecule has 0 fully saturated rings. The van der Waals surface area contributed by atoms with Gasteiger partial charge in [0.15, 0.2) is 0 Å². The number of hydrogen-bond donors (Lipinski definition) is 1. The normalized spacial score (nSPS) is 10.3. The molecule has 1 aromatic heterocycles. The summed E-state index contributed by atoms with van der Waals surface area (Å²) >= 11 is 0. The number of amides is 1. The van der Waals surface area contributed by atoms with Gasteiger partial charge in [0.05, 0.1) is 18.3 Å². The van der Waals surface area contributed by atoms with Crippen LogP contribution >= 0.6 is 0 Å². The molecule has 0 aliphatic carbocycles. The van der Waals surface area contributed by atoms with Crippen LogP contribution in [0.25, 0.3) is 10.9 Å². The van der Waals surface area contributed by atoms with Crippen LogP contribution < -0.4 is 10.1 Å². The van der Waals surface area contributed by atoms with Crippen LogP contribution in [0.15, 0.2) is 24.4 Å². The van der Waals surface area contributed by atoms with Crippen LogP contribution in [0.4, 0.5) is 5.69 Å². The standard InChI is InChI=1S/C13H14N2O2/c1-8-6-7-14-10-4-5-11(17-3)13(12(8)10)15-9(2)16/h4-7H,1-3H3,(H,15,16). The number of anilines is 1. The van der Waals surface area contributed by atoms with Gasteiger partial charge in [-0.3, -0.25) is 9.78 Å². The fraction of sp³-hybridized carbons (Fsp3) is 0.231. The van der Waals surface area contributed by atoms with Crippen LogP contribution in [-0.4, -0.2) is 18.0 Å². The van der Waals surface area contributed by atoms with E-state index >= 15 is 0 Å². The summed E-state index contributed by atoms with van der Waals surface area (Å²) < 4.78 is 5.27. The molecule has 0 aliphatic heterocycles. The second kappa shape index (κ2) is 4.41. The molecule has 1 heterocycles. The fourth-order valence-electron chi connectivity index (χ4n) is 1.86. The molecule has 0 radical (unpaired) electrons. The van der Waals surface area contributed by atoms with E-state index in [4.69, 9.17) is 4.74 Å². The number of rotatable bonds is 2. The molecule has 4 heteroatoms. The monoisotopic (exact) mass is 230 g/mol. The van der Waals surface area contributed by atoms with Gasteiger partial charge in [-0.15, -0.1) is 0 Å². The molecule has 2 aromatic rings. The average Bonchev–Trinajstić information content (AvgIpc) is 2.28. The molecule has 4 nitrogen and oxygen atoms in total. The van der Waals surface area contributed by atoms with Crippen molar-refractivity contribution in [1.29, 1.82) is 0 Å². The molecular weight excluding hydrogens is 216 g/mol. The van der Waals surface area contributed by atoms with Crippen LogP contribution in [-0.2, 0) is 4.79 Å². The molecule has 0 aliphatic rings. The maximum absolute atomic E-state index is 11.2. The van der Waals surface area contributed by atoms with Crippen molar-refractivity contribution < 1.29 is 9.53 Å². The Balaban J connectivity index is 2.77. The first-order chi connectivity index (χ1) is 8.13. The lowest BCUT2D eigenvalue weighted by Gasteiger charge is -2.13. The lowest BCUT2D eigenvalue weighted by molar-refractivity contribution is -0.114. The fourth-order valence-corrected chi connectivity index (χ4v) is 1.86. The van der Waals surface area contributed by atoms with Gasteiger partial charge in [0, 0.05) is 18.5 Å². The Hall–Kier alpha value is -2.10. The minimum Gasteiger partial charge on any atom is -0.495 e. The van der Waals surface area contributed by atoms with Gasteiger partial charge in [0.2, 0.25) is 5.91 Å².